The number of carbonyl (C=O) groups excluding carboxylic acids is 1. The van der Waals surface area contributed by atoms with Gasteiger partial charge in [-0.1, -0.05) is 12.1 Å². The Morgan fingerprint density at radius 2 is 2.04 bits per heavy atom. The number of amides is 1. The summed E-state index contributed by atoms with van der Waals surface area (Å²) in [4.78, 5) is 24.2. The van der Waals surface area contributed by atoms with Crippen LogP contribution in [-0.4, -0.2) is 19.6 Å². The lowest BCUT2D eigenvalue weighted by Gasteiger charge is -2.06. The van der Waals surface area contributed by atoms with Crippen molar-refractivity contribution in [1.29, 1.82) is 0 Å². The Labute approximate surface area is 143 Å². The molecule has 0 aliphatic heterocycles. The zero-order valence-corrected chi connectivity index (χ0v) is 13.5. The van der Waals surface area contributed by atoms with Gasteiger partial charge in [-0.2, -0.15) is 0 Å². The minimum Gasteiger partial charge on any atom is -0.497 e. The molecule has 0 saturated carbocycles. The molecule has 0 fully saturated rings. The van der Waals surface area contributed by atoms with Gasteiger partial charge < -0.3 is 14.5 Å². The highest BCUT2D eigenvalue weighted by Crippen LogP contribution is 2.19. The average molecular weight is 341 g/mol. The van der Waals surface area contributed by atoms with Crippen LogP contribution in [0.5, 0.6) is 5.75 Å². The summed E-state index contributed by atoms with van der Waals surface area (Å²) in [5.74, 6) is -0.322. The molecule has 1 heterocycles. The smallest absolute Gasteiger partial charge is 0.344 e. The molecule has 1 amide bonds. The Kier molecular flexibility index (Phi) is 4.79. The molecule has 0 saturated heterocycles. The first-order chi connectivity index (χ1) is 12.1. The zero-order chi connectivity index (χ0) is 17.8. The summed E-state index contributed by atoms with van der Waals surface area (Å²) in [5.41, 5.74) is 0.181. The van der Waals surface area contributed by atoms with E-state index in [0.29, 0.717) is 29.5 Å². The summed E-state index contributed by atoms with van der Waals surface area (Å²) < 4.78 is 23.3. The van der Waals surface area contributed by atoms with Crippen molar-refractivity contribution in [2.75, 3.05) is 13.7 Å². The molecule has 1 N–H and O–H groups in total. The number of nitrogens with one attached hydrogen (secondary N) is 1. The molecule has 0 atom stereocenters. The minimum atomic E-state index is -0.588. The molecular weight excluding hydrogens is 325 g/mol. The lowest BCUT2D eigenvalue weighted by Crippen LogP contribution is -2.26. The summed E-state index contributed by atoms with van der Waals surface area (Å²) in [6, 6.07) is 12.6. The second-order valence-corrected chi connectivity index (χ2v) is 5.49. The maximum absolute atomic E-state index is 13.1. The molecule has 1 aromatic heterocycles. The first-order valence-electron chi connectivity index (χ1n) is 7.71. The van der Waals surface area contributed by atoms with Gasteiger partial charge in [-0.15, -0.1) is 0 Å². The number of ether oxygens (including phenoxy) is 1. The standard InChI is InChI=1S/C19H16FNO4/c1-24-15-5-6-16-13(10-15)11-17(25-19(16)23)18(22)21-8-7-12-3-2-4-14(20)9-12/h2-6,9-11H,7-8H2,1H3,(H,21,22). The lowest BCUT2D eigenvalue weighted by molar-refractivity contribution is 0.0922. The van der Waals surface area contributed by atoms with Gasteiger partial charge in [0.15, 0.2) is 5.76 Å². The van der Waals surface area contributed by atoms with Gasteiger partial charge in [-0.05, 0) is 53.8 Å². The van der Waals surface area contributed by atoms with Crippen LogP contribution < -0.4 is 15.7 Å². The average Bonchev–Trinajstić information content (AvgIpc) is 2.61. The van der Waals surface area contributed by atoms with Crippen LogP contribution in [0, 0.1) is 5.82 Å². The van der Waals surface area contributed by atoms with E-state index in [1.807, 2.05) is 0 Å². The van der Waals surface area contributed by atoms with Gasteiger partial charge in [0.2, 0.25) is 0 Å². The van der Waals surface area contributed by atoms with Crippen LogP contribution in [0.1, 0.15) is 16.1 Å². The number of halogens is 1. The van der Waals surface area contributed by atoms with Gasteiger partial charge in [0.25, 0.3) is 5.91 Å². The first-order valence-corrected chi connectivity index (χ1v) is 7.71. The molecular formula is C19H16FNO4. The van der Waals surface area contributed by atoms with E-state index in [0.717, 1.165) is 5.56 Å². The van der Waals surface area contributed by atoms with Crippen molar-refractivity contribution in [2.24, 2.45) is 0 Å². The van der Waals surface area contributed by atoms with Crippen molar-refractivity contribution in [2.45, 2.75) is 6.42 Å². The molecule has 25 heavy (non-hydrogen) atoms. The molecule has 5 nitrogen and oxygen atoms in total. The van der Waals surface area contributed by atoms with E-state index in [2.05, 4.69) is 5.32 Å². The van der Waals surface area contributed by atoms with E-state index < -0.39 is 11.5 Å². The number of hydrogen-bond acceptors (Lipinski definition) is 4. The molecule has 0 bridgehead atoms. The maximum Gasteiger partial charge on any atom is 0.344 e. The summed E-state index contributed by atoms with van der Waals surface area (Å²) in [6.07, 6.45) is 0.467. The van der Waals surface area contributed by atoms with Crippen molar-refractivity contribution in [3.05, 3.63) is 76.1 Å². The van der Waals surface area contributed by atoms with Crippen LogP contribution in [0.4, 0.5) is 4.39 Å². The van der Waals surface area contributed by atoms with Crippen molar-refractivity contribution in [3.63, 3.8) is 0 Å². The molecule has 0 radical (unpaired) electrons. The highest BCUT2D eigenvalue weighted by atomic mass is 19.1. The number of benzene rings is 2. The van der Waals surface area contributed by atoms with Crippen molar-refractivity contribution < 1.29 is 18.3 Å². The predicted octanol–water partition coefficient (Wildman–Crippen LogP) is 2.91. The van der Waals surface area contributed by atoms with Gasteiger partial charge >= 0.3 is 5.63 Å². The molecule has 0 unspecified atom stereocenters. The van der Waals surface area contributed by atoms with Gasteiger partial charge in [-0.25, -0.2) is 9.18 Å². The fourth-order valence-electron chi connectivity index (χ4n) is 2.51. The third-order valence-electron chi connectivity index (χ3n) is 3.78. The first kappa shape index (κ1) is 16.7. The van der Waals surface area contributed by atoms with E-state index in [9.17, 15) is 14.0 Å². The summed E-state index contributed by atoms with van der Waals surface area (Å²) in [6.45, 7) is 0.294. The second kappa shape index (κ2) is 7.17. The zero-order valence-electron chi connectivity index (χ0n) is 13.5. The van der Waals surface area contributed by atoms with Gasteiger partial charge in [0, 0.05) is 6.54 Å². The molecule has 3 rings (SSSR count). The number of rotatable bonds is 5. The van der Waals surface area contributed by atoms with Crippen LogP contribution in [0.15, 0.2) is 57.7 Å². The van der Waals surface area contributed by atoms with Gasteiger partial charge in [0.1, 0.15) is 11.6 Å². The Morgan fingerprint density at radius 3 is 2.80 bits per heavy atom. The summed E-state index contributed by atoms with van der Waals surface area (Å²) >= 11 is 0. The Morgan fingerprint density at radius 1 is 1.20 bits per heavy atom. The molecule has 0 spiro atoms. The lowest BCUT2D eigenvalue weighted by atomic mass is 10.1. The molecule has 2 aromatic carbocycles. The SMILES string of the molecule is COc1ccc2c(=O)oc(C(=O)NCCc3cccc(F)c3)cc2c1. The van der Waals surface area contributed by atoms with Gasteiger partial charge in [0.05, 0.1) is 12.5 Å². The normalized spacial score (nSPS) is 10.6. The Balaban J connectivity index is 1.74. The van der Waals surface area contributed by atoms with Gasteiger partial charge in [-0.3, -0.25) is 4.79 Å². The van der Waals surface area contributed by atoms with E-state index in [1.54, 1.807) is 30.3 Å². The summed E-state index contributed by atoms with van der Waals surface area (Å²) in [7, 11) is 1.52. The monoisotopic (exact) mass is 341 g/mol. The van der Waals surface area contributed by atoms with Crippen molar-refractivity contribution in [1.82, 2.24) is 5.32 Å². The molecule has 6 heteroatoms. The second-order valence-electron chi connectivity index (χ2n) is 5.49. The maximum atomic E-state index is 13.1. The van der Waals surface area contributed by atoms with E-state index in [1.165, 1.54) is 25.3 Å². The molecule has 3 aromatic rings. The fourth-order valence-corrected chi connectivity index (χ4v) is 2.51. The van der Waals surface area contributed by atoms with Crippen LogP contribution in [0.2, 0.25) is 0 Å². The third kappa shape index (κ3) is 3.85. The molecule has 0 aliphatic carbocycles. The largest absolute Gasteiger partial charge is 0.497 e. The highest BCUT2D eigenvalue weighted by Gasteiger charge is 2.12. The topological polar surface area (TPSA) is 68.5 Å². The Bertz CT molecular complexity index is 981. The van der Waals surface area contributed by atoms with Crippen molar-refractivity contribution in [3.8, 4) is 5.75 Å². The highest BCUT2D eigenvalue weighted by molar-refractivity contribution is 5.95. The van der Waals surface area contributed by atoms with Crippen LogP contribution >= 0.6 is 0 Å². The number of carbonyl (C=O) groups is 1. The summed E-state index contributed by atoms with van der Waals surface area (Å²) in [5, 5.41) is 3.60. The number of hydrogen-bond donors (Lipinski definition) is 1. The fraction of sp³-hybridized carbons (Fsp3) is 0.158. The minimum absolute atomic E-state index is 0.0787. The third-order valence-corrected chi connectivity index (χ3v) is 3.78. The number of methoxy groups -OCH3 is 1. The quantitative estimate of drug-likeness (QED) is 0.775. The van der Waals surface area contributed by atoms with E-state index >= 15 is 0 Å². The number of fused-ring (bicyclic) bond motifs is 1. The van der Waals surface area contributed by atoms with Crippen LogP contribution in [-0.2, 0) is 6.42 Å². The predicted molar refractivity (Wildman–Crippen MR) is 91.5 cm³/mol. The Hall–Kier alpha value is -3.15. The van der Waals surface area contributed by atoms with E-state index in [-0.39, 0.29) is 11.6 Å². The molecule has 128 valence electrons. The van der Waals surface area contributed by atoms with Crippen LogP contribution in [0.3, 0.4) is 0 Å². The van der Waals surface area contributed by atoms with Crippen LogP contribution in [0.25, 0.3) is 10.8 Å². The van der Waals surface area contributed by atoms with Crippen molar-refractivity contribution >= 4 is 16.7 Å². The van der Waals surface area contributed by atoms with E-state index in [4.69, 9.17) is 9.15 Å². The molecule has 0 aliphatic rings.